The Morgan fingerprint density at radius 3 is 2.68 bits per heavy atom. The quantitative estimate of drug-likeness (QED) is 0.544. The number of benzene rings is 1. The fourth-order valence-electron chi connectivity index (χ4n) is 3.50. The Morgan fingerprint density at radius 1 is 1.19 bits per heavy atom. The lowest BCUT2D eigenvalue weighted by atomic mass is 10.2. The molecule has 0 spiro atoms. The molecule has 0 saturated carbocycles. The van der Waals surface area contributed by atoms with Gasteiger partial charge >= 0.3 is 5.97 Å². The topological polar surface area (TPSA) is 90.7 Å². The van der Waals surface area contributed by atoms with Crippen molar-refractivity contribution < 1.29 is 19.1 Å². The molecule has 1 aliphatic rings. The molecular weight excluding hydrogens is 418 g/mol. The smallest absolute Gasteiger partial charge is 0.348 e. The van der Waals surface area contributed by atoms with Crippen molar-refractivity contribution in [2.24, 2.45) is 0 Å². The van der Waals surface area contributed by atoms with Crippen molar-refractivity contribution in [1.29, 1.82) is 0 Å². The van der Waals surface area contributed by atoms with Gasteiger partial charge in [-0.1, -0.05) is 30.3 Å². The summed E-state index contributed by atoms with van der Waals surface area (Å²) >= 11 is 1.14. The number of carbonyl (C=O) groups excluding carboxylic acids is 2. The summed E-state index contributed by atoms with van der Waals surface area (Å²) in [6, 6.07) is 9.76. The normalized spacial score (nSPS) is 14.0. The molecule has 0 unspecified atom stereocenters. The zero-order chi connectivity index (χ0) is 21.8. The lowest BCUT2D eigenvalue weighted by molar-refractivity contribution is -0.135. The number of ether oxygens (including phenoxy) is 2. The van der Waals surface area contributed by atoms with Crippen molar-refractivity contribution >= 4 is 33.4 Å². The Balaban J connectivity index is 1.49. The molecule has 31 heavy (non-hydrogen) atoms. The van der Waals surface area contributed by atoms with Gasteiger partial charge in [0, 0.05) is 19.5 Å². The number of fused-ring (bicyclic) bond motifs is 1. The number of aryl methyl sites for hydroxylation is 1. The predicted octanol–water partition coefficient (Wildman–Crippen LogP) is 2.02. The number of morpholine rings is 1. The SMILES string of the molecule is Cc1c(C(=O)OCCc2ccccc2)sc2ncn(CC(=O)N3CCOCC3)c(=O)c12. The number of carbonyl (C=O) groups is 2. The summed E-state index contributed by atoms with van der Waals surface area (Å²) in [5.74, 6) is -0.619. The first kappa shape index (κ1) is 21.2. The van der Waals surface area contributed by atoms with E-state index in [4.69, 9.17) is 9.47 Å². The fourth-order valence-corrected chi connectivity index (χ4v) is 4.53. The van der Waals surface area contributed by atoms with Gasteiger partial charge in [0.15, 0.2) is 0 Å². The van der Waals surface area contributed by atoms with Crippen molar-refractivity contribution in [3.05, 3.63) is 63.0 Å². The van der Waals surface area contributed by atoms with Gasteiger partial charge in [-0.05, 0) is 18.1 Å². The van der Waals surface area contributed by atoms with E-state index in [1.165, 1.54) is 10.9 Å². The number of rotatable bonds is 6. The minimum atomic E-state index is -0.466. The number of hydrogen-bond donors (Lipinski definition) is 0. The predicted molar refractivity (Wildman–Crippen MR) is 116 cm³/mol. The molecule has 4 rings (SSSR count). The van der Waals surface area contributed by atoms with Crippen LogP contribution in [0.15, 0.2) is 41.5 Å². The zero-order valence-electron chi connectivity index (χ0n) is 17.2. The molecule has 1 amide bonds. The van der Waals surface area contributed by atoms with Crippen LogP contribution in [0, 0.1) is 6.92 Å². The molecule has 9 heteroatoms. The second kappa shape index (κ2) is 9.40. The van der Waals surface area contributed by atoms with Crippen LogP contribution in [0.25, 0.3) is 10.2 Å². The molecule has 0 bridgehead atoms. The van der Waals surface area contributed by atoms with Gasteiger partial charge < -0.3 is 14.4 Å². The standard InChI is InChI=1S/C22H23N3O5S/c1-15-18-20(31-19(15)22(28)30-10-7-16-5-3-2-4-6-16)23-14-25(21(18)27)13-17(26)24-8-11-29-12-9-24/h2-6,14H,7-13H2,1H3. The summed E-state index contributed by atoms with van der Waals surface area (Å²) in [6.07, 6.45) is 1.98. The van der Waals surface area contributed by atoms with Gasteiger partial charge in [-0.2, -0.15) is 0 Å². The summed E-state index contributed by atoms with van der Waals surface area (Å²) in [5.41, 5.74) is 1.29. The van der Waals surface area contributed by atoms with E-state index in [0.29, 0.717) is 53.4 Å². The summed E-state index contributed by atoms with van der Waals surface area (Å²) < 4.78 is 12.0. The Hall–Kier alpha value is -3.04. The second-order valence-electron chi connectivity index (χ2n) is 7.28. The Labute approximate surface area is 183 Å². The summed E-state index contributed by atoms with van der Waals surface area (Å²) in [6.45, 7) is 3.90. The van der Waals surface area contributed by atoms with E-state index >= 15 is 0 Å². The number of esters is 1. The average Bonchev–Trinajstić information content (AvgIpc) is 3.14. The second-order valence-corrected chi connectivity index (χ2v) is 8.28. The highest BCUT2D eigenvalue weighted by Crippen LogP contribution is 2.27. The molecule has 1 aliphatic heterocycles. The fraction of sp³-hybridized carbons (Fsp3) is 0.364. The number of aromatic nitrogens is 2. The maximum atomic E-state index is 13.0. The van der Waals surface area contributed by atoms with Gasteiger partial charge in [0.1, 0.15) is 16.3 Å². The highest BCUT2D eigenvalue weighted by molar-refractivity contribution is 7.20. The molecule has 3 aromatic rings. The van der Waals surface area contributed by atoms with E-state index in [9.17, 15) is 14.4 Å². The summed E-state index contributed by atoms with van der Waals surface area (Å²) in [7, 11) is 0. The van der Waals surface area contributed by atoms with Crippen LogP contribution in [0.4, 0.5) is 0 Å². The van der Waals surface area contributed by atoms with Crippen LogP contribution in [-0.4, -0.2) is 59.2 Å². The van der Waals surface area contributed by atoms with Crippen molar-refractivity contribution in [3.63, 3.8) is 0 Å². The molecule has 2 aromatic heterocycles. The highest BCUT2D eigenvalue weighted by atomic mass is 32.1. The number of thiophene rings is 1. The molecule has 3 heterocycles. The summed E-state index contributed by atoms with van der Waals surface area (Å²) in [4.78, 5) is 44.9. The van der Waals surface area contributed by atoms with Crippen LogP contribution in [0.1, 0.15) is 20.8 Å². The first-order chi connectivity index (χ1) is 15.0. The van der Waals surface area contributed by atoms with Gasteiger partial charge in [-0.25, -0.2) is 9.78 Å². The van der Waals surface area contributed by atoms with Gasteiger partial charge in [-0.15, -0.1) is 11.3 Å². The van der Waals surface area contributed by atoms with E-state index in [2.05, 4.69) is 4.98 Å². The molecule has 1 saturated heterocycles. The summed E-state index contributed by atoms with van der Waals surface area (Å²) in [5, 5.41) is 0.359. The number of amides is 1. The lowest BCUT2D eigenvalue weighted by Crippen LogP contribution is -2.43. The minimum absolute atomic E-state index is 0.0894. The van der Waals surface area contributed by atoms with E-state index in [1.807, 2.05) is 30.3 Å². The first-order valence-electron chi connectivity index (χ1n) is 10.1. The Kier molecular flexibility index (Phi) is 6.43. The largest absolute Gasteiger partial charge is 0.461 e. The van der Waals surface area contributed by atoms with Crippen LogP contribution in [0.5, 0.6) is 0 Å². The monoisotopic (exact) mass is 441 g/mol. The maximum Gasteiger partial charge on any atom is 0.348 e. The third kappa shape index (κ3) is 4.67. The lowest BCUT2D eigenvalue weighted by Gasteiger charge is -2.26. The van der Waals surface area contributed by atoms with Crippen LogP contribution < -0.4 is 5.56 Å². The van der Waals surface area contributed by atoms with E-state index < -0.39 is 5.97 Å². The average molecular weight is 442 g/mol. The van der Waals surface area contributed by atoms with E-state index in [1.54, 1.807) is 11.8 Å². The maximum absolute atomic E-state index is 13.0. The molecule has 8 nitrogen and oxygen atoms in total. The van der Waals surface area contributed by atoms with Crippen LogP contribution in [0.2, 0.25) is 0 Å². The van der Waals surface area contributed by atoms with Crippen molar-refractivity contribution in [3.8, 4) is 0 Å². The Bertz CT molecular complexity index is 1150. The Morgan fingerprint density at radius 2 is 1.94 bits per heavy atom. The third-order valence-electron chi connectivity index (χ3n) is 5.24. The number of nitrogens with zero attached hydrogens (tertiary/aromatic N) is 3. The van der Waals surface area contributed by atoms with E-state index in [-0.39, 0.29) is 24.6 Å². The van der Waals surface area contributed by atoms with Gasteiger partial charge in [0.25, 0.3) is 5.56 Å². The van der Waals surface area contributed by atoms with Crippen LogP contribution >= 0.6 is 11.3 Å². The first-order valence-corrected chi connectivity index (χ1v) is 10.9. The highest BCUT2D eigenvalue weighted by Gasteiger charge is 2.22. The van der Waals surface area contributed by atoms with Crippen LogP contribution in [-0.2, 0) is 27.2 Å². The molecular formula is C22H23N3O5S. The molecule has 0 aliphatic carbocycles. The van der Waals surface area contributed by atoms with Gasteiger partial charge in [0.05, 0.1) is 31.5 Å². The van der Waals surface area contributed by atoms with Gasteiger partial charge in [-0.3, -0.25) is 14.2 Å². The molecule has 1 fully saturated rings. The number of hydrogen-bond acceptors (Lipinski definition) is 7. The molecule has 0 atom stereocenters. The third-order valence-corrected chi connectivity index (χ3v) is 6.42. The van der Waals surface area contributed by atoms with Crippen molar-refractivity contribution in [1.82, 2.24) is 14.5 Å². The zero-order valence-corrected chi connectivity index (χ0v) is 18.0. The molecule has 162 valence electrons. The van der Waals surface area contributed by atoms with Gasteiger partial charge in [0.2, 0.25) is 5.91 Å². The van der Waals surface area contributed by atoms with Crippen molar-refractivity contribution in [2.75, 3.05) is 32.9 Å². The van der Waals surface area contributed by atoms with E-state index in [0.717, 1.165) is 16.9 Å². The molecule has 0 N–H and O–H groups in total. The van der Waals surface area contributed by atoms with Crippen LogP contribution in [0.3, 0.4) is 0 Å². The molecule has 1 aromatic carbocycles. The van der Waals surface area contributed by atoms with Crippen molar-refractivity contribution in [2.45, 2.75) is 19.9 Å². The minimum Gasteiger partial charge on any atom is -0.461 e. The molecule has 0 radical (unpaired) electrons.